The zero-order chi connectivity index (χ0) is 19.0. The first kappa shape index (κ1) is 17.6. The fourth-order valence-corrected chi connectivity index (χ4v) is 4.11. The van der Waals surface area contributed by atoms with E-state index in [1.165, 1.54) is 28.6 Å². The van der Waals surface area contributed by atoms with Crippen LogP contribution in [0.1, 0.15) is 17.2 Å². The maximum atomic E-state index is 12.8. The van der Waals surface area contributed by atoms with E-state index in [4.69, 9.17) is 0 Å². The van der Waals surface area contributed by atoms with Gasteiger partial charge in [0.05, 0.1) is 11.6 Å². The number of aliphatic hydroxyl groups excluding tert-OH is 1. The van der Waals surface area contributed by atoms with E-state index in [9.17, 15) is 14.7 Å². The number of anilines is 1. The molecular formula is C19H12BrN3O3S. The third-order valence-electron chi connectivity index (χ3n) is 4.19. The first-order chi connectivity index (χ1) is 13.1. The summed E-state index contributed by atoms with van der Waals surface area (Å²) >= 11 is 4.68. The van der Waals surface area contributed by atoms with E-state index in [-0.39, 0.29) is 11.3 Å². The summed E-state index contributed by atoms with van der Waals surface area (Å²) in [6, 6.07) is 9.68. The zero-order valence-electron chi connectivity index (χ0n) is 13.7. The van der Waals surface area contributed by atoms with Gasteiger partial charge in [0.2, 0.25) is 0 Å². The van der Waals surface area contributed by atoms with Crippen LogP contribution in [0.4, 0.5) is 5.13 Å². The third kappa shape index (κ3) is 3.07. The minimum absolute atomic E-state index is 0.0273. The SMILES string of the molecule is O=C1C(=O)N(c2nccs2)C(c2cccc(Br)c2)C1=C(O)c1ccncc1. The molecule has 1 aromatic carbocycles. The number of aliphatic hydroxyl groups is 1. The summed E-state index contributed by atoms with van der Waals surface area (Å²) < 4.78 is 0.800. The fourth-order valence-electron chi connectivity index (χ4n) is 3.02. The Balaban J connectivity index is 1.96. The van der Waals surface area contributed by atoms with Crippen LogP contribution in [0.2, 0.25) is 0 Å². The quantitative estimate of drug-likeness (QED) is 0.378. The van der Waals surface area contributed by atoms with Crippen LogP contribution in [-0.2, 0) is 9.59 Å². The van der Waals surface area contributed by atoms with Crippen LogP contribution in [0.3, 0.4) is 0 Å². The molecule has 1 fully saturated rings. The number of halogens is 1. The van der Waals surface area contributed by atoms with Gasteiger partial charge in [-0.3, -0.25) is 19.5 Å². The molecule has 0 aliphatic carbocycles. The number of hydrogen-bond donors (Lipinski definition) is 1. The molecule has 4 rings (SSSR count). The van der Waals surface area contributed by atoms with Gasteiger partial charge < -0.3 is 5.11 Å². The topological polar surface area (TPSA) is 83.4 Å². The number of aromatic nitrogens is 2. The average molecular weight is 442 g/mol. The van der Waals surface area contributed by atoms with Crippen molar-refractivity contribution >= 4 is 49.8 Å². The fraction of sp³-hybridized carbons (Fsp3) is 0.0526. The Morgan fingerprint density at radius 1 is 1.15 bits per heavy atom. The van der Waals surface area contributed by atoms with Gasteiger partial charge in [-0.25, -0.2) is 4.98 Å². The maximum absolute atomic E-state index is 12.8. The van der Waals surface area contributed by atoms with Crippen molar-refractivity contribution in [3.05, 3.63) is 81.5 Å². The van der Waals surface area contributed by atoms with Crippen molar-refractivity contribution < 1.29 is 14.7 Å². The summed E-state index contributed by atoms with van der Waals surface area (Å²) in [5.41, 5.74) is 1.14. The van der Waals surface area contributed by atoms with E-state index >= 15 is 0 Å². The summed E-state index contributed by atoms with van der Waals surface area (Å²) in [5.74, 6) is -1.70. The van der Waals surface area contributed by atoms with E-state index in [0.717, 1.165) is 4.47 Å². The number of hydrogen-bond acceptors (Lipinski definition) is 6. The summed E-state index contributed by atoms with van der Waals surface area (Å²) in [4.78, 5) is 35.1. The number of carbonyl (C=O) groups excluding carboxylic acids is 2. The predicted octanol–water partition coefficient (Wildman–Crippen LogP) is 3.93. The number of thiazole rings is 1. The van der Waals surface area contributed by atoms with Gasteiger partial charge in [0.15, 0.2) is 5.13 Å². The lowest BCUT2D eigenvalue weighted by Gasteiger charge is -2.23. The third-order valence-corrected chi connectivity index (χ3v) is 5.45. The molecule has 2 aromatic heterocycles. The minimum Gasteiger partial charge on any atom is -0.507 e. The lowest BCUT2D eigenvalue weighted by molar-refractivity contribution is -0.132. The standard InChI is InChI=1S/C19H12BrN3O3S/c20-13-3-1-2-12(10-13)15-14(16(24)11-4-6-21-7-5-11)17(25)18(26)23(15)19-22-8-9-27-19/h1-10,15,24H. The van der Waals surface area contributed by atoms with Gasteiger partial charge >= 0.3 is 5.91 Å². The van der Waals surface area contributed by atoms with Crippen molar-refractivity contribution in [1.29, 1.82) is 0 Å². The molecule has 134 valence electrons. The van der Waals surface area contributed by atoms with E-state index in [1.54, 1.807) is 23.7 Å². The van der Waals surface area contributed by atoms with Crippen molar-refractivity contribution in [2.24, 2.45) is 0 Å². The molecule has 1 saturated heterocycles. The monoisotopic (exact) mass is 441 g/mol. The van der Waals surface area contributed by atoms with Crippen LogP contribution >= 0.6 is 27.3 Å². The van der Waals surface area contributed by atoms with Gasteiger partial charge in [0, 0.05) is 34.0 Å². The molecule has 1 aliphatic heterocycles. The molecule has 6 nitrogen and oxygen atoms in total. The molecule has 0 saturated carbocycles. The Kier molecular flexibility index (Phi) is 4.59. The molecule has 1 aliphatic rings. The highest BCUT2D eigenvalue weighted by molar-refractivity contribution is 9.10. The smallest absolute Gasteiger partial charge is 0.301 e. The van der Waals surface area contributed by atoms with Crippen molar-refractivity contribution in [2.45, 2.75) is 6.04 Å². The van der Waals surface area contributed by atoms with Gasteiger partial charge in [-0.05, 0) is 29.8 Å². The summed E-state index contributed by atoms with van der Waals surface area (Å²) in [6.45, 7) is 0. The van der Waals surface area contributed by atoms with Gasteiger partial charge in [0.1, 0.15) is 5.76 Å². The molecule has 0 radical (unpaired) electrons. The van der Waals surface area contributed by atoms with Crippen molar-refractivity contribution in [3.63, 3.8) is 0 Å². The number of ketones is 1. The van der Waals surface area contributed by atoms with E-state index in [0.29, 0.717) is 16.3 Å². The Morgan fingerprint density at radius 3 is 2.59 bits per heavy atom. The molecule has 3 heterocycles. The minimum atomic E-state index is -0.776. The van der Waals surface area contributed by atoms with Crippen molar-refractivity contribution in [2.75, 3.05) is 4.90 Å². The largest absolute Gasteiger partial charge is 0.507 e. The lowest BCUT2D eigenvalue weighted by Crippen LogP contribution is -2.29. The van der Waals surface area contributed by atoms with Gasteiger partial charge in [-0.15, -0.1) is 11.3 Å². The molecule has 1 atom stereocenters. The predicted molar refractivity (Wildman–Crippen MR) is 105 cm³/mol. The highest BCUT2D eigenvalue weighted by Crippen LogP contribution is 2.42. The number of rotatable bonds is 3. The summed E-state index contributed by atoms with van der Waals surface area (Å²) in [6.07, 6.45) is 4.60. The van der Waals surface area contributed by atoms with Crippen LogP contribution < -0.4 is 4.90 Å². The summed E-state index contributed by atoms with van der Waals surface area (Å²) in [5, 5.41) is 13.0. The lowest BCUT2D eigenvalue weighted by atomic mass is 9.96. The first-order valence-electron chi connectivity index (χ1n) is 7.94. The Morgan fingerprint density at radius 2 is 1.93 bits per heavy atom. The molecule has 0 spiro atoms. The number of carbonyl (C=O) groups is 2. The second-order valence-electron chi connectivity index (χ2n) is 5.77. The highest BCUT2D eigenvalue weighted by atomic mass is 79.9. The Labute approximate surface area is 166 Å². The maximum Gasteiger partial charge on any atom is 0.301 e. The van der Waals surface area contributed by atoms with Crippen LogP contribution in [0.15, 0.2) is 70.4 Å². The van der Waals surface area contributed by atoms with Crippen molar-refractivity contribution in [3.8, 4) is 0 Å². The molecule has 8 heteroatoms. The van der Waals surface area contributed by atoms with E-state index in [1.807, 2.05) is 24.3 Å². The molecule has 27 heavy (non-hydrogen) atoms. The first-order valence-corrected chi connectivity index (χ1v) is 9.61. The number of amides is 1. The van der Waals surface area contributed by atoms with Crippen LogP contribution in [0.25, 0.3) is 5.76 Å². The molecule has 0 bridgehead atoms. The van der Waals surface area contributed by atoms with Gasteiger partial charge in [0.25, 0.3) is 5.78 Å². The Hall–Kier alpha value is -2.84. The number of Topliss-reactive ketones (excluding diaryl/α,β-unsaturated/α-hetero) is 1. The molecule has 1 N–H and O–H groups in total. The molecule has 1 unspecified atom stereocenters. The van der Waals surface area contributed by atoms with Crippen LogP contribution in [-0.4, -0.2) is 26.8 Å². The van der Waals surface area contributed by atoms with Gasteiger partial charge in [-0.1, -0.05) is 28.1 Å². The van der Waals surface area contributed by atoms with Crippen molar-refractivity contribution in [1.82, 2.24) is 9.97 Å². The van der Waals surface area contributed by atoms with E-state index in [2.05, 4.69) is 25.9 Å². The van der Waals surface area contributed by atoms with Crippen LogP contribution in [0.5, 0.6) is 0 Å². The summed E-state index contributed by atoms with van der Waals surface area (Å²) in [7, 11) is 0. The molecular weight excluding hydrogens is 430 g/mol. The number of benzene rings is 1. The molecule has 3 aromatic rings. The normalized spacial score (nSPS) is 18.9. The number of pyridine rings is 1. The zero-order valence-corrected chi connectivity index (χ0v) is 16.1. The highest BCUT2D eigenvalue weighted by Gasteiger charge is 2.47. The van der Waals surface area contributed by atoms with Crippen LogP contribution in [0, 0.1) is 0 Å². The second-order valence-corrected chi connectivity index (χ2v) is 7.56. The molecule has 1 amide bonds. The van der Waals surface area contributed by atoms with E-state index < -0.39 is 17.7 Å². The number of nitrogens with zero attached hydrogens (tertiary/aromatic N) is 3. The Bertz CT molecular complexity index is 1050. The second kappa shape index (κ2) is 7.05. The van der Waals surface area contributed by atoms with Gasteiger partial charge in [-0.2, -0.15) is 0 Å². The average Bonchev–Trinajstić information content (AvgIpc) is 3.29.